The molecule has 0 aliphatic heterocycles. The molecule has 2 N–H and O–H groups in total. The van der Waals surface area contributed by atoms with Gasteiger partial charge in [0.1, 0.15) is 5.82 Å². The second-order valence-corrected chi connectivity index (χ2v) is 9.96. The van der Waals surface area contributed by atoms with Crippen LogP contribution >= 0.6 is 0 Å². The van der Waals surface area contributed by atoms with Crippen molar-refractivity contribution in [1.82, 2.24) is 15.3 Å². The van der Waals surface area contributed by atoms with Crippen LogP contribution in [0.25, 0.3) is 0 Å². The number of amides is 1. The zero-order valence-electron chi connectivity index (χ0n) is 19.3. The second kappa shape index (κ2) is 9.08. The van der Waals surface area contributed by atoms with Gasteiger partial charge in [0.25, 0.3) is 0 Å². The van der Waals surface area contributed by atoms with Gasteiger partial charge in [-0.05, 0) is 69.3 Å². The maximum absolute atomic E-state index is 12.7. The van der Waals surface area contributed by atoms with E-state index >= 15 is 0 Å². The van der Waals surface area contributed by atoms with Crippen LogP contribution in [0.5, 0.6) is 0 Å². The third-order valence-corrected chi connectivity index (χ3v) is 7.35. The Morgan fingerprint density at radius 2 is 1.69 bits per heavy atom. The van der Waals surface area contributed by atoms with Gasteiger partial charge >= 0.3 is 0 Å². The van der Waals surface area contributed by atoms with E-state index in [1.807, 2.05) is 6.07 Å². The SMILES string of the molecule is CN(C)c1nc(N[C@H]2CC[C@@H](NC(=O)C3C[C@H]3c3ccccc3)CC2)nc2c1CCCC2. The Bertz CT molecular complexity index is 952. The van der Waals surface area contributed by atoms with Gasteiger partial charge in [-0.1, -0.05) is 30.3 Å². The van der Waals surface area contributed by atoms with Gasteiger partial charge in [-0.25, -0.2) is 4.98 Å². The van der Waals surface area contributed by atoms with Gasteiger partial charge in [-0.15, -0.1) is 0 Å². The maximum atomic E-state index is 12.7. The van der Waals surface area contributed by atoms with Crippen molar-refractivity contribution in [2.24, 2.45) is 5.92 Å². The summed E-state index contributed by atoms with van der Waals surface area (Å²) in [4.78, 5) is 24.5. The van der Waals surface area contributed by atoms with Crippen LogP contribution in [0.3, 0.4) is 0 Å². The number of rotatable bonds is 6. The Hall–Kier alpha value is -2.63. The molecule has 2 fully saturated rings. The fourth-order valence-corrected chi connectivity index (χ4v) is 5.44. The molecule has 1 aromatic heterocycles. The predicted molar refractivity (Wildman–Crippen MR) is 128 cm³/mol. The minimum Gasteiger partial charge on any atom is -0.362 e. The van der Waals surface area contributed by atoms with E-state index in [4.69, 9.17) is 9.97 Å². The summed E-state index contributed by atoms with van der Waals surface area (Å²) in [5, 5.41) is 6.93. The average Bonchev–Trinajstić information content (AvgIpc) is 3.62. The smallest absolute Gasteiger partial charge is 0.225 e. The summed E-state index contributed by atoms with van der Waals surface area (Å²) < 4.78 is 0. The molecule has 1 unspecified atom stereocenters. The molecule has 0 saturated heterocycles. The molecular formula is C26H35N5O. The largest absolute Gasteiger partial charge is 0.362 e. The Morgan fingerprint density at radius 1 is 0.969 bits per heavy atom. The number of hydrogen-bond donors (Lipinski definition) is 2. The summed E-state index contributed by atoms with van der Waals surface area (Å²) in [5.74, 6) is 2.63. The average molecular weight is 434 g/mol. The molecule has 3 aliphatic carbocycles. The molecule has 6 nitrogen and oxygen atoms in total. The van der Waals surface area contributed by atoms with Gasteiger partial charge < -0.3 is 15.5 Å². The van der Waals surface area contributed by atoms with Crippen molar-refractivity contribution >= 4 is 17.7 Å². The molecule has 1 aromatic carbocycles. The highest BCUT2D eigenvalue weighted by Crippen LogP contribution is 2.47. The van der Waals surface area contributed by atoms with Gasteiger partial charge in [-0.3, -0.25) is 4.79 Å². The van der Waals surface area contributed by atoms with Crippen LogP contribution in [0.4, 0.5) is 11.8 Å². The highest BCUT2D eigenvalue weighted by atomic mass is 16.2. The quantitative estimate of drug-likeness (QED) is 0.719. The standard InChI is InChI=1S/C26H35N5O/c1-31(2)24-20-10-6-7-11-23(20)29-26(30-24)28-19-14-12-18(13-15-19)27-25(32)22-16-21(22)17-8-4-3-5-9-17/h3-5,8-9,18-19,21-22H,6-7,10-16H2,1-2H3,(H,27,32)(H,28,29,30)/t18-,19+,21-,22?/m0/s1. The molecule has 3 aliphatic rings. The van der Waals surface area contributed by atoms with E-state index in [0.29, 0.717) is 18.0 Å². The lowest BCUT2D eigenvalue weighted by Crippen LogP contribution is -2.41. The van der Waals surface area contributed by atoms with Gasteiger partial charge in [0.2, 0.25) is 11.9 Å². The molecule has 0 radical (unpaired) electrons. The van der Waals surface area contributed by atoms with Crippen molar-refractivity contribution in [1.29, 1.82) is 0 Å². The summed E-state index contributed by atoms with van der Waals surface area (Å²) in [5.41, 5.74) is 3.84. The molecule has 32 heavy (non-hydrogen) atoms. The minimum absolute atomic E-state index is 0.154. The molecule has 170 valence electrons. The van der Waals surface area contributed by atoms with Crippen LogP contribution in [0.1, 0.15) is 67.7 Å². The first-order valence-electron chi connectivity index (χ1n) is 12.3. The number of nitrogens with one attached hydrogen (secondary N) is 2. The topological polar surface area (TPSA) is 70.2 Å². The molecular weight excluding hydrogens is 398 g/mol. The molecule has 6 heteroatoms. The predicted octanol–water partition coefficient (Wildman–Crippen LogP) is 4.06. The van der Waals surface area contributed by atoms with Crippen LogP contribution in [-0.2, 0) is 17.6 Å². The van der Waals surface area contributed by atoms with E-state index < -0.39 is 0 Å². The van der Waals surface area contributed by atoms with Crippen LogP contribution in [0.2, 0.25) is 0 Å². The van der Waals surface area contributed by atoms with Crippen molar-refractivity contribution in [3.63, 3.8) is 0 Å². The summed E-state index contributed by atoms with van der Waals surface area (Å²) in [7, 11) is 4.13. The first-order chi connectivity index (χ1) is 15.6. The Kier molecular flexibility index (Phi) is 6.03. The number of nitrogens with zero attached hydrogens (tertiary/aromatic N) is 3. The molecule has 2 saturated carbocycles. The van der Waals surface area contributed by atoms with Crippen LogP contribution in [0, 0.1) is 5.92 Å². The van der Waals surface area contributed by atoms with Crippen LogP contribution in [-0.4, -0.2) is 42.1 Å². The normalized spacial score (nSPS) is 26.7. The highest BCUT2D eigenvalue weighted by Gasteiger charge is 2.44. The van der Waals surface area contributed by atoms with Crippen molar-refractivity contribution in [3.05, 3.63) is 47.2 Å². The number of benzene rings is 1. The molecule has 2 atom stereocenters. The summed E-state index contributed by atoms with van der Waals surface area (Å²) in [6.45, 7) is 0. The fourth-order valence-electron chi connectivity index (χ4n) is 5.44. The first-order valence-corrected chi connectivity index (χ1v) is 12.3. The van der Waals surface area contributed by atoms with Gasteiger partial charge in [-0.2, -0.15) is 4.98 Å². The number of carbonyl (C=O) groups is 1. The van der Waals surface area contributed by atoms with E-state index in [1.165, 1.54) is 29.7 Å². The third kappa shape index (κ3) is 4.59. The molecule has 1 amide bonds. The number of fused-ring (bicyclic) bond motifs is 1. The monoisotopic (exact) mass is 433 g/mol. The molecule has 1 heterocycles. The molecule has 5 rings (SSSR count). The van der Waals surface area contributed by atoms with Crippen LogP contribution in [0.15, 0.2) is 30.3 Å². The minimum atomic E-state index is 0.154. The zero-order chi connectivity index (χ0) is 22.1. The van der Waals surface area contributed by atoms with Crippen molar-refractivity contribution in [2.45, 2.75) is 75.8 Å². The molecule has 0 spiro atoms. The first kappa shape index (κ1) is 21.2. The lowest BCUT2D eigenvalue weighted by Gasteiger charge is -2.30. The van der Waals surface area contributed by atoms with Crippen LogP contribution < -0.4 is 15.5 Å². The zero-order valence-corrected chi connectivity index (χ0v) is 19.3. The van der Waals surface area contributed by atoms with E-state index in [-0.39, 0.29) is 11.8 Å². The van der Waals surface area contributed by atoms with Crippen molar-refractivity contribution < 1.29 is 4.79 Å². The fraction of sp³-hybridized carbons (Fsp3) is 0.577. The lowest BCUT2D eigenvalue weighted by molar-refractivity contribution is -0.123. The second-order valence-electron chi connectivity index (χ2n) is 9.96. The summed E-state index contributed by atoms with van der Waals surface area (Å²) in [6.07, 6.45) is 9.66. The van der Waals surface area contributed by atoms with Crippen molar-refractivity contribution in [3.8, 4) is 0 Å². The lowest BCUT2D eigenvalue weighted by atomic mass is 9.91. The Morgan fingerprint density at radius 3 is 2.44 bits per heavy atom. The number of carbonyl (C=O) groups excluding carboxylic acids is 1. The third-order valence-electron chi connectivity index (χ3n) is 7.35. The Labute approximate surface area is 191 Å². The maximum Gasteiger partial charge on any atom is 0.225 e. The van der Waals surface area contributed by atoms with E-state index in [1.54, 1.807) is 0 Å². The number of aromatic nitrogens is 2. The van der Waals surface area contributed by atoms with Gasteiger partial charge in [0, 0.05) is 37.7 Å². The van der Waals surface area contributed by atoms with Gasteiger partial charge in [0.05, 0.1) is 5.69 Å². The highest BCUT2D eigenvalue weighted by molar-refractivity contribution is 5.83. The Balaban J connectivity index is 1.13. The molecule has 0 bridgehead atoms. The van der Waals surface area contributed by atoms with Gasteiger partial charge in [0.15, 0.2) is 0 Å². The van der Waals surface area contributed by atoms with E-state index in [9.17, 15) is 4.79 Å². The number of hydrogen-bond acceptors (Lipinski definition) is 5. The summed E-state index contributed by atoms with van der Waals surface area (Å²) >= 11 is 0. The van der Waals surface area contributed by atoms with E-state index in [0.717, 1.165) is 56.7 Å². The molecule has 2 aromatic rings. The van der Waals surface area contributed by atoms with E-state index in [2.05, 4.69) is 53.9 Å². The number of anilines is 2. The summed E-state index contributed by atoms with van der Waals surface area (Å²) in [6, 6.07) is 11.1. The number of aryl methyl sites for hydroxylation is 1. The van der Waals surface area contributed by atoms with Crippen molar-refractivity contribution in [2.75, 3.05) is 24.3 Å².